The first-order valence-electron chi connectivity index (χ1n) is 9.35. The molecule has 1 amide bonds. The maximum absolute atomic E-state index is 12.7. The van der Waals surface area contributed by atoms with E-state index in [-0.39, 0.29) is 5.91 Å². The van der Waals surface area contributed by atoms with Gasteiger partial charge in [-0.15, -0.1) is 10.2 Å². The van der Waals surface area contributed by atoms with Gasteiger partial charge in [0.05, 0.1) is 5.75 Å². The highest BCUT2D eigenvalue weighted by molar-refractivity contribution is 7.99. The molecular formula is C20H23N5OS. The van der Waals surface area contributed by atoms with E-state index in [9.17, 15) is 4.79 Å². The van der Waals surface area contributed by atoms with Crippen molar-refractivity contribution in [1.29, 1.82) is 0 Å². The fraction of sp³-hybridized carbons (Fsp3) is 0.400. The zero-order valence-electron chi connectivity index (χ0n) is 15.4. The van der Waals surface area contributed by atoms with Crippen LogP contribution < -0.4 is 0 Å². The predicted molar refractivity (Wildman–Crippen MR) is 106 cm³/mol. The van der Waals surface area contributed by atoms with Crippen LogP contribution >= 0.6 is 11.8 Å². The molecular weight excluding hydrogens is 358 g/mol. The van der Waals surface area contributed by atoms with E-state index in [1.807, 2.05) is 24.0 Å². The highest BCUT2D eigenvalue weighted by atomic mass is 32.2. The van der Waals surface area contributed by atoms with Crippen molar-refractivity contribution in [2.45, 2.75) is 37.1 Å². The molecule has 140 valence electrons. The van der Waals surface area contributed by atoms with Gasteiger partial charge in [-0.3, -0.25) is 4.79 Å². The summed E-state index contributed by atoms with van der Waals surface area (Å²) in [6.07, 6.45) is 3.23. The summed E-state index contributed by atoms with van der Waals surface area (Å²) in [5.74, 6) is 1.90. The van der Waals surface area contributed by atoms with Gasteiger partial charge in [0.1, 0.15) is 5.03 Å². The van der Waals surface area contributed by atoms with Crippen molar-refractivity contribution in [3.63, 3.8) is 0 Å². The van der Waals surface area contributed by atoms with Gasteiger partial charge in [0.25, 0.3) is 0 Å². The summed E-state index contributed by atoms with van der Waals surface area (Å²) >= 11 is 1.47. The minimum absolute atomic E-state index is 0.191. The number of fused-ring (bicyclic) bond motifs is 1. The molecule has 6 nitrogen and oxygen atoms in total. The van der Waals surface area contributed by atoms with Crippen molar-refractivity contribution in [2.75, 3.05) is 18.8 Å². The molecule has 0 bridgehead atoms. The Labute approximate surface area is 163 Å². The van der Waals surface area contributed by atoms with Crippen molar-refractivity contribution in [3.05, 3.63) is 53.9 Å². The molecule has 2 aromatic heterocycles. The molecule has 1 saturated heterocycles. The molecule has 27 heavy (non-hydrogen) atoms. The third kappa shape index (κ3) is 4.13. The molecule has 7 heteroatoms. The number of hydrogen-bond acceptors (Lipinski definition) is 5. The van der Waals surface area contributed by atoms with E-state index in [1.165, 1.54) is 17.3 Å². The Hall–Kier alpha value is -2.41. The quantitative estimate of drug-likeness (QED) is 0.649. The Balaban J connectivity index is 1.34. The first-order chi connectivity index (χ1) is 13.2. The molecule has 0 saturated carbocycles. The van der Waals surface area contributed by atoms with Gasteiger partial charge >= 0.3 is 0 Å². The molecule has 1 atom stereocenters. The van der Waals surface area contributed by atoms with Crippen LogP contribution in [0.5, 0.6) is 0 Å². The van der Waals surface area contributed by atoms with Crippen molar-refractivity contribution in [3.8, 4) is 0 Å². The van der Waals surface area contributed by atoms with Gasteiger partial charge in [-0.05, 0) is 49.8 Å². The second-order valence-electron chi connectivity index (χ2n) is 6.90. The molecule has 3 aromatic rings. The minimum atomic E-state index is 0.191. The number of thioether (sulfide) groups is 1. The van der Waals surface area contributed by atoms with Crippen LogP contribution in [0, 0.1) is 6.92 Å². The Morgan fingerprint density at radius 3 is 2.81 bits per heavy atom. The second-order valence-corrected chi connectivity index (χ2v) is 7.89. The summed E-state index contributed by atoms with van der Waals surface area (Å²) in [6.45, 7) is 3.54. The summed E-state index contributed by atoms with van der Waals surface area (Å²) in [6, 6.07) is 14.4. The Bertz CT molecular complexity index is 927. The molecule has 1 aromatic carbocycles. The number of amides is 1. The lowest BCUT2D eigenvalue weighted by Gasteiger charge is -2.20. The van der Waals surface area contributed by atoms with E-state index in [0.29, 0.717) is 11.7 Å². The molecule has 0 unspecified atom stereocenters. The van der Waals surface area contributed by atoms with E-state index >= 15 is 0 Å². The maximum atomic E-state index is 12.7. The van der Waals surface area contributed by atoms with Crippen LogP contribution in [0.2, 0.25) is 0 Å². The molecule has 0 spiro atoms. The van der Waals surface area contributed by atoms with Crippen LogP contribution in [-0.4, -0.2) is 49.5 Å². The number of nitrogens with zero attached hydrogens (tertiary/aromatic N) is 5. The van der Waals surface area contributed by atoms with Crippen LogP contribution in [0.1, 0.15) is 36.6 Å². The van der Waals surface area contributed by atoms with Crippen molar-refractivity contribution >= 4 is 23.3 Å². The molecule has 1 aliphatic rings. The highest BCUT2D eigenvalue weighted by Crippen LogP contribution is 2.28. The topological polar surface area (TPSA) is 63.4 Å². The lowest BCUT2D eigenvalue weighted by molar-refractivity contribution is -0.128. The van der Waals surface area contributed by atoms with Crippen LogP contribution in [0.25, 0.3) is 5.65 Å². The van der Waals surface area contributed by atoms with Crippen LogP contribution in [0.4, 0.5) is 0 Å². The summed E-state index contributed by atoms with van der Waals surface area (Å²) in [4.78, 5) is 14.7. The van der Waals surface area contributed by atoms with Crippen molar-refractivity contribution in [2.24, 2.45) is 0 Å². The zero-order chi connectivity index (χ0) is 18.6. The monoisotopic (exact) mass is 381 g/mol. The van der Waals surface area contributed by atoms with Crippen LogP contribution in [0.15, 0.2) is 47.5 Å². The number of aromatic nitrogens is 4. The van der Waals surface area contributed by atoms with Gasteiger partial charge in [-0.25, -0.2) is 0 Å². The SMILES string of the molecule is Cc1nnc2ccc(SCC(=O)N3CCC[C@H](c4ccccc4)CC3)nn12. The Kier molecular flexibility index (Phi) is 5.38. The minimum Gasteiger partial charge on any atom is -0.342 e. The van der Waals surface area contributed by atoms with E-state index in [1.54, 1.807) is 4.52 Å². The Morgan fingerprint density at radius 2 is 1.96 bits per heavy atom. The fourth-order valence-corrected chi connectivity index (χ4v) is 4.35. The second kappa shape index (κ2) is 8.08. The van der Waals surface area contributed by atoms with Crippen molar-refractivity contribution in [1.82, 2.24) is 24.7 Å². The van der Waals surface area contributed by atoms with Crippen molar-refractivity contribution < 1.29 is 4.79 Å². The number of likely N-dealkylation sites (tertiary alicyclic amines) is 1. The first kappa shape index (κ1) is 18.0. The molecule has 4 rings (SSSR count). The molecule has 1 fully saturated rings. The summed E-state index contributed by atoms with van der Waals surface area (Å²) in [5, 5.41) is 13.4. The van der Waals surface area contributed by atoms with Gasteiger partial charge < -0.3 is 4.90 Å². The maximum Gasteiger partial charge on any atom is 0.232 e. The van der Waals surface area contributed by atoms with Gasteiger partial charge in [0, 0.05) is 13.1 Å². The number of hydrogen-bond donors (Lipinski definition) is 0. The molecule has 0 aliphatic carbocycles. The third-order valence-corrected chi connectivity index (χ3v) is 5.99. The van der Waals surface area contributed by atoms with Gasteiger partial charge in [-0.2, -0.15) is 9.61 Å². The molecule has 0 radical (unpaired) electrons. The average molecular weight is 382 g/mol. The lowest BCUT2D eigenvalue weighted by atomic mass is 9.92. The average Bonchev–Trinajstić information content (AvgIpc) is 2.92. The summed E-state index contributed by atoms with van der Waals surface area (Å²) < 4.78 is 1.71. The molecule has 3 heterocycles. The van der Waals surface area contributed by atoms with Crippen LogP contribution in [-0.2, 0) is 4.79 Å². The summed E-state index contributed by atoms with van der Waals surface area (Å²) in [5.41, 5.74) is 2.12. The zero-order valence-corrected chi connectivity index (χ0v) is 16.2. The lowest BCUT2D eigenvalue weighted by Crippen LogP contribution is -2.33. The number of aryl methyl sites for hydroxylation is 1. The number of carbonyl (C=O) groups is 1. The number of benzene rings is 1. The van der Waals surface area contributed by atoms with Gasteiger partial charge in [0.15, 0.2) is 11.5 Å². The first-order valence-corrected chi connectivity index (χ1v) is 10.3. The standard InChI is InChI=1S/C20H23N5OS/c1-15-21-22-18-9-10-19(23-25(15)18)27-14-20(26)24-12-5-8-17(11-13-24)16-6-3-2-4-7-16/h2-4,6-7,9-10,17H,5,8,11-14H2,1H3/t17-/m0/s1. The number of carbonyl (C=O) groups excluding carboxylic acids is 1. The highest BCUT2D eigenvalue weighted by Gasteiger charge is 2.21. The third-order valence-electron chi connectivity index (χ3n) is 5.09. The molecule has 0 N–H and O–H groups in total. The largest absolute Gasteiger partial charge is 0.342 e. The smallest absolute Gasteiger partial charge is 0.232 e. The summed E-state index contributed by atoms with van der Waals surface area (Å²) in [7, 11) is 0. The molecule has 1 aliphatic heterocycles. The van der Waals surface area contributed by atoms with E-state index in [2.05, 4.69) is 45.6 Å². The number of rotatable bonds is 4. The van der Waals surface area contributed by atoms with Crippen LogP contribution in [0.3, 0.4) is 0 Å². The predicted octanol–water partition coefficient (Wildman–Crippen LogP) is 3.32. The van der Waals surface area contributed by atoms with Gasteiger partial charge in [-0.1, -0.05) is 42.1 Å². The van der Waals surface area contributed by atoms with E-state index in [4.69, 9.17) is 0 Å². The Morgan fingerprint density at radius 1 is 1.11 bits per heavy atom. The van der Waals surface area contributed by atoms with E-state index in [0.717, 1.165) is 48.8 Å². The van der Waals surface area contributed by atoms with E-state index < -0.39 is 0 Å². The normalized spacial score (nSPS) is 17.8. The van der Waals surface area contributed by atoms with Gasteiger partial charge in [0.2, 0.25) is 5.91 Å². The fourth-order valence-electron chi connectivity index (χ4n) is 3.59.